The van der Waals surface area contributed by atoms with Crippen LogP contribution in [-0.2, 0) is 19.1 Å². The lowest BCUT2D eigenvalue weighted by Gasteiger charge is -2.15. The summed E-state index contributed by atoms with van der Waals surface area (Å²) in [5, 5.41) is 9.71. The molecule has 1 unspecified atom stereocenters. The maximum absolute atomic E-state index is 12.4. The van der Waals surface area contributed by atoms with E-state index in [1.807, 2.05) is 0 Å². The van der Waals surface area contributed by atoms with Gasteiger partial charge in [0.05, 0.1) is 6.61 Å². The number of rotatable bonds is 66. The molecule has 0 radical (unpaired) electrons. The molecule has 0 spiro atoms. The third-order valence-electron chi connectivity index (χ3n) is 15.9. The van der Waals surface area contributed by atoms with Gasteiger partial charge in [-0.25, -0.2) is 0 Å². The molecular weight excluding hydrogens is 1000 g/mol. The van der Waals surface area contributed by atoms with Crippen LogP contribution < -0.4 is 0 Å². The first-order valence-electron chi connectivity index (χ1n) is 35.8. The lowest BCUT2D eigenvalue weighted by molar-refractivity contribution is -0.161. The van der Waals surface area contributed by atoms with Crippen molar-refractivity contribution in [3.8, 4) is 0 Å². The molecule has 0 aliphatic heterocycles. The maximum atomic E-state index is 12.4. The Morgan fingerprint density at radius 2 is 0.524 bits per heavy atom. The van der Waals surface area contributed by atoms with Crippen LogP contribution in [0.25, 0.3) is 0 Å². The van der Waals surface area contributed by atoms with Crippen molar-refractivity contribution >= 4 is 11.9 Å². The number of esters is 2. The fourth-order valence-electron chi connectivity index (χ4n) is 10.5. The van der Waals surface area contributed by atoms with E-state index in [1.54, 1.807) is 0 Å². The highest BCUT2D eigenvalue weighted by Crippen LogP contribution is 2.18. The minimum absolute atomic E-state index is 0.0648. The SMILES string of the molecule is CC/C=C\C/C=C\C/C=C\C/C=C\C/C=C\CCCCCCCCCCCCCCCCCC(=O)OC(CO)COC(=O)CCCCCCCCCCCCCCCCCCCCCCCC/C=C\C/C=C\C/C=C\CCCCCCC. The number of hydrogen-bond acceptors (Lipinski definition) is 5. The number of aliphatic hydroxyl groups excluding tert-OH is 1. The molecule has 5 nitrogen and oxygen atoms in total. The second kappa shape index (κ2) is 72.1. The summed E-state index contributed by atoms with van der Waals surface area (Å²) >= 11 is 0. The maximum Gasteiger partial charge on any atom is 0.306 e. The van der Waals surface area contributed by atoms with Gasteiger partial charge in [-0.3, -0.25) is 9.59 Å². The fraction of sp³-hybridized carbons (Fsp3) is 0.766. The molecule has 0 aromatic rings. The van der Waals surface area contributed by atoms with Gasteiger partial charge in [0.15, 0.2) is 6.10 Å². The van der Waals surface area contributed by atoms with E-state index in [1.165, 1.54) is 250 Å². The van der Waals surface area contributed by atoms with E-state index in [0.29, 0.717) is 12.8 Å². The molecule has 0 aliphatic rings. The molecule has 0 aromatic carbocycles. The standard InChI is InChI=1S/C77H136O5/c1-3-5-7-9-11-13-15-17-19-21-23-25-27-29-31-33-35-36-37-38-39-40-42-43-45-47-49-51-53-55-57-59-61-63-65-67-69-71-76(79)81-74-75(73-78)82-77(80)72-70-68-66-64-62-60-58-56-54-52-50-48-46-44-41-34-32-30-28-26-24-22-20-18-16-14-12-10-8-6-4-2/h6,8,12,14-15,17-18,20-21,23-24,26-27,29-30,32,75,78H,3-5,7,9-11,13,16,19,22,25,28,31,33-74H2,1-2H3/b8-6-,14-12-,17-15-,20-18-,23-21-,26-24-,29-27-,32-30-. The van der Waals surface area contributed by atoms with E-state index >= 15 is 0 Å². The molecule has 0 aromatic heterocycles. The smallest absolute Gasteiger partial charge is 0.306 e. The summed E-state index contributed by atoms with van der Waals surface area (Å²) in [6.45, 7) is 4.05. The van der Waals surface area contributed by atoms with E-state index < -0.39 is 6.10 Å². The van der Waals surface area contributed by atoms with Crippen LogP contribution in [0.5, 0.6) is 0 Å². The average molecular weight is 1140 g/mol. The van der Waals surface area contributed by atoms with Gasteiger partial charge in [-0.15, -0.1) is 0 Å². The molecule has 1 atom stereocenters. The van der Waals surface area contributed by atoms with Crippen LogP contribution in [0.1, 0.15) is 361 Å². The number of carbonyl (C=O) groups excluding carboxylic acids is 2. The van der Waals surface area contributed by atoms with E-state index in [2.05, 4.69) is 111 Å². The first-order valence-corrected chi connectivity index (χ1v) is 35.8. The summed E-state index contributed by atoms with van der Waals surface area (Å²) in [6.07, 6.45) is 103. The Morgan fingerprint density at radius 3 is 0.793 bits per heavy atom. The number of unbranched alkanes of at least 4 members (excludes halogenated alkanes) is 42. The molecule has 0 saturated heterocycles. The van der Waals surface area contributed by atoms with Crippen molar-refractivity contribution < 1.29 is 24.2 Å². The van der Waals surface area contributed by atoms with Crippen molar-refractivity contribution in [2.24, 2.45) is 0 Å². The molecular formula is C77H136O5. The lowest BCUT2D eigenvalue weighted by atomic mass is 10.0. The minimum atomic E-state index is -0.776. The van der Waals surface area contributed by atoms with Gasteiger partial charge in [-0.05, 0) is 96.3 Å². The van der Waals surface area contributed by atoms with Gasteiger partial charge in [-0.2, -0.15) is 0 Å². The van der Waals surface area contributed by atoms with Crippen LogP contribution in [0.2, 0.25) is 0 Å². The molecule has 5 heteroatoms. The number of allylic oxidation sites excluding steroid dienone is 16. The lowest BCUT2D eigenvalue weighted by Crippen LogP contribution is -2.28. The summed E-state index contributed by atoms with van der Waals surface area (Å²) in [7, 11) is 0. The van der Waals surface area contributed by atoms with Crippen LogP contribution in [-0.4, -0.2) is 36.4 Å². The highest BCUT2D eigenvalue weighted by molar-refractivity contribution is 5.70. The van der Waals surface area contributed by atoms with Crippen molar-refractivity contribution in [1.29, 1.82) is 0 Å². The molecule has 474 valence electrons. The van der Waals surface area contributed by atoms with Crippen molar-refractivity contribution in [3.63, 3.8) is 0 Å². The normalized spacial score (nSPS) is 12.8. The molecule has 1 N–H and O–H groups in total. The van der Waals surface area contributed by atoms with Gasteiger partial charge in [0.2, 0.25) is 0 Å². The second-order valence-corrected chi connectivity index (χ2v) is 23.9. The Kier molecular flexibility index (Phi) is 69.3. The van der Waals surface area contributed by atoms with Gasteiger partial charge in [0.25, 0.3) is 0 Å². The largest absolute Gasteiger partial charge is 0.462 e. The van der Waals surface area contributed by atoms with Crippen molar-refractivity contribution in [1.82, 2.24) is 0 Å². The molecule has 0 heterocycles. The number of hydrogen-bond donors (Lipinski definition) is 1. The predicted molar refractivity (Wildman–Crippen MR) is 362 cm³/mol. The summed E-state index contributed by atoms with van der Waals surface area (Å²) in [6, 6.07) is 0. The first-order chi connectivity index (χ1) is 40.6. The molecule has 0 fully saturated rings. The van der Waals surface area contributed by atoms with Crippen LogP contribution in [0.15, 0.2) is 97.2 Å². The molecule has 0 amide bonds. The van der Waals surface area contributed by atoms with Crippen LogP contribution >= 0.6 is 0 Å². The van der Waals surface area contributed by atoms with Gasteiger partial charge in [0.1, 0.15) is 6.61 Å². The summed E-state index contributed by atoms with van der Waals surface area (Å²) in [4.78, 5) is 24.7. The Labute approximate surface area is 510 Å². The monoisotopic (exact) mass is 1140 g/mol. The molecule has 0 saturated carbocycles. The second-order valence-electron chi connectivity index (χ2n) is 23.9. The van der Waals surface area contributed by atoms with Crippen molar-refractivity contribution in [2.75, 3.05) is 13.2 Å². The fourth-order valence-corrected chi connectivity index (χ4v) is 10.5. The van der Waals surface area contributed by atoms with Gasteiger partial charge < -0.3 is 14.6 Å². The van der Waals surface area contributed by atoms with Gasteiger partial charge >= 0.3 is 11.9 Å². The summed E-state index contributed by atoms with van der Waals surface area (Å²) < 4.78 is 10.8. The molecule has 0 aliphatic carbocycles. The quantitative estimate of drug-likeness (QED) is 0.0373. The topological polar surface area (TPSA) is 72.8 Å². The third-order valence-corrected chi connectivity index (χ3v) is 15.9. The van der Waals surface area contributed by atoms with E-state index in [4.69, 9.17) is 9.47 Å². The van der Waals surface area contributed by atoms with E-state index in [0.717, 1.165) is 83.5 Å². The van der Waals surface area contributed by atoms with Crippen LogP contribution in [0, 0.1) is 0 Å². The predicted octanol–water partition coefficient (Wildman–Crippen LogP) is 25.0. The highest BCUT2D eigenvalue weighted by atomic mass is 16.6. The van der Waals surface area contributed by atoms with Crippen molar-refractivity contribution in [2.45, 2.75) is 367 Å². The first kappa shape index (κ1) is 78.8. The Bertz CT molecular complexity index is 1530. The average Bonchev–Trinajstić information content (AvgIpc) is 3.49. The molecule has 82 heavy (non-hydrogen) atoms. The number of aliphatic hydroxyl groups is 1. The zero-order chi connectivity index (χ0) is 59.1. The van der Waals surface area contributed by atoms with E-state index in [9.17, 15) is 14.7 Å². The summed E-state index contributed by atoms with van der Waals surface area (Å²) in [5.41, 5.74) is 0. The van der Waals surface area contributed by atoms with Crippen LogP contribution in [0.4, 0.5) is 0 Å². The minimum Gasteiger partial charge on any atom is -0.462 e. The number of carbonyl (C=O) groups is 2. The van der Waals surface area contributed by atoms with Gasteiger partial charge in [0, 0.05) is 12.8 Å². The van der Waals surface area contributed by atoms with Gasteiger partial charge in [-0.1, -0.05) is 349 Å². The van der Waals surface area contributed by atoms with Crippen LogP contribution in [0.3, 0.4) is 0 Å². The van der Waals surface area contributed by atoms with Crippen molar-refractivity contribution in [3.05, 3.63) is 97.2 Å². The zero-order valence-corrected chi connectivity index (χ0v) is 54.5. The Hall–Kier alpha value is -3.18. The third kappa shape index (κ3) is 69.3. The highest BCUT2D eigenvalue weighted by Gasteiger charge is 2.16. The Morgan fingerprint density at radius 1 is 0.293 bits per heavy atom. The Balaban J connectivity index is 3.43. The summed E-state index contributed by atoms with van der Waals surface area (Å²) in [5.74, 6) is -0.576. The zero-order valence-electron chi connectivity index (χ0n) is 54.5. The molecule has 0 bridgehead atoms. The van der Waals surface area contributed by atoms with E-state index in [-0.39, 0.29) is 25.2 Å². The number of ether oxygens (including phenoxy) is 2. The molecule has 0 rings (SSSR count).